The summed E-state index contributed by atoms with van der Waals surface area (Å²) in [5, 5.41) is 17.4. The smallest absolute Gasteiger partial charge is 0.469 e. The number of nitrogen functional groups attached to an aromatic ring is 1. The summed E-state index contributed by atoms with van der Waals surface area (Å²) in [7, 11) is -4.87. The number of aromatic hydroxyl groups is 1. The molecule has 2 aromatic heterocycles. The largest absolute Gasteiger partial charge is 0.507 e. The van der Waals surface area contributed by atoms with E-state index in [2.05, 4.69) is 46.2 Å². The van der Waals surface area contributed by atoms with Gasteiger partial charge in [0.2, 0.25) is 0 Å². The molecule has 0 saturated carbocycles. The Morgan fingerprint density at radius 1 is 1.21 bits per heavy atom. The number of carbonyl (C=O) groups excluding carboxylic acids is 1. The second-order valence-corrected chi connectivity index (χ2v) is 13.5. The normalized spacial score (nSPS) is 19.8. The zero-order valence-corrected chi connectivity index (χ0v) is 25.8. The molecule has 1 aliphatic heterocycles. The number of nitrogens with zero attached hydrogens (tertiary/aromatic N) is 5. The lowest BCUT2D eigenvalue weighted by Gasteiger charge is -2.26. The predicted molar refractivity (Wildman–Crippen MR) is 157 cm³/mol. The van der Waals surface area contributed by atoms with E-state index in [1.165, 1.54) is 18.9 Å². The Bertz CT molecular complexity index is 1560. The van der Waals surface area contributed by atoms with Crippen LogP contribution in [-0.4, -0.2) is 71.9 Å². The van der Waals surface area contributed by atoms with Crippen LogP contribution in [0.1, 0.15) is 70.9 Å². The van der Waals surface area contributed by atoms with Crippen molar-refractivity contribution < 1.29 is 38.4 Å². The van der Waals surface area contributed by atoms with Crippen LogP contribution >= 0.6 is 7.82 Å². The number of phenolic OH excluding ortho intramolecular Hbond substituents is 1. The Morgan fingerprint density at radius 2 is 1.93 bits per heavy atom. The van der Waals surface area contributed by atoms with Gasteiger partial charge in [0, 0.05) is 24.1 Å². The van der Waals surface area contributed by atoms with Gasteiger partial charge in [-0.25, -0.2) is 19.5 Å². The summed E-state index contributed by atoms with van der Waals surface area (Å²) in [6, 6.07) is 3.81. The first-order valence-electron chi connectivity index (χ1n) is 13.6. The highest BCUT2D eigenvalue weighted by Gasteiger charge is 2.41. The summed E-state index contributed by atoms with van der Waals surface area (Å²) >= 11 is 0. The topological polar surface area (TPSA) is 217 Å². The molecule has 43 heavy (non-hydrogen) atoms. The third kappa shape index (κ3) is 7.86. The highest BCUT2D eigenvalue weighted by molar-refractivity contribution is 7.46. The van der Waals surface area contributed by atoms with Crippen molar-refractivity contribution in [2.45, 2.75) is 77.2 Å². The van der Waals surface area contributed by atoms with Crippen LogP contribution in [0.5, 0.6) is 5.75 Å². The van der Waals surface area contributed by atoms with Gasteiger partial charge in [0.25, 0.3) is 5.91 Å². The molecule has 3 aromatic rings. The van der Waals surface area contributed by atoms with Crippen molar-refractivity contribution in [2.24, 2.45) is 5.16 Å². The fraction of sp³-hybridized carbons (Fsp3) is 0.519. The number of aromatic nitrogens is 4. The summed E-state index contributed by atoms with van der Waals surface area (Å²) < 4.78 is 24.1. The van der Waals surface area contributed by atoms with Gasteiger partial charge in [-0.1, -0.05) is 52.8 Å². The maximum Gasteiger partial charge on any atom is 0.469 e. The molecule has 0 unspecified atom stereocenters. The number of hydrogen-bond donors (Lipinski definition) is 5. The number of fused-ring (bicyclic) bond motifs is 1. The molecule has 4 rings (SSSR count). The van der Waals surface area contributed by atoms with E-state index < -0.39 is 38.8 Å². The van der Waals surface area contributed by atoms with Gasteiger partial charge < -0.3 is 35.5 Å². The number of oxime groups is 1. The van der Waals surface area contributed by atoms with E-state index in [0.29, 0.717) is 16.7 Å². The van der Waals surface area contributed by atoms with Gasteiger partial charge >= 0.3 is 7.82 Å². The molecule has 1 fully saturated rings. The van der Waals surface area contributed by atoms with E-state index in [-0.39, 0.29) is 35.4 Å². The average molecular weight is 620 g/mol. The van der Waals surface area contributed by atoms with Gasteiger partial charge in [-0.05, 0) is 22.5 Å². The Kier molecular flexibility index (Phi) is 9.14. The van der Waals surface area contributed by atoms with Gasteiger partial charge in [-0.15, -0.1) is 0 Å². The molecule has 1 aromatic carbocycles. The number of carbonyl (C=O) groups is 1. The van der Waals surface area contributed by atoms with Crippen molar-refractivity contribution in [1.82, 2.24) is 24.8 Å². The average Bonchev–Trinajstić information content (AvgIpc) is 3.48. The molecule has 0 spiro atoms. The van der Waals surface area contributed by atoms with Crippen LogP contribution in [0.25, 0.3) is 11.2 Å². The van der Waals surface area contributed by atoms with Crippen molar-refractivity contribution in [3.63, 3.8) is 0 Å². The third-order valence-electron chi connectivity index (χ3n) is 6.93. The Balaban J connectivity index is 1.39. The van der Waals surface area contributed by atoms with Crippen molar-refractivity contribution >= 4 is 36.9 Å². The number of amides is 1. The summed E-state index contributed by atoms with van der Waals surface area (Å²) in [5.41, 5.74) is 8.31. The number of phenols is 1. The molecule has 1 amide bonds. The number of ether oxygens (including phenoxy) is 1. The van der Waals surface area contributed by atoms with Crippen molar-refractivity contribution in [1.29, 1.82) is 0 Å². The van der Waals surface area contributed by atoms with Gasteiger partial charge in [0.15, 0.2) is 18.1 Å². The molecule has 0 bridgehead atoms. The lowest BCUT2D eigenvalue weighted by atomic mass is 9.79. The maximum absolute atomic E-state index is 12.5. The maximum atomic E-state index is 12.5. The zero-order chi connectivity index (χ0) is 31.7. The molecule has 3 heterocycles. The molecule has 0 aliphatic carbocycles. The first-order valence-corrected chi connectivity index (χ1v) is 15.1. The van der Waals surface area contributed by atoms with Crippen LogP contribution in [-0.2, 0) is 34.3 Å². The van der Waals surface area contributed by atoms with Crippen LogP contribution in [0.4, 0.5) is 5.82 Å². The minimum Gasteiger partial charge on any atom is -0.507 e. The van der Waals surface area contributed by atoms with E-state index in [0.717, 1.165) is 11.1 Å². The van der Waals surface area contributed by atoms with E-state index >= 15 is 0 Å². The standard InChI is InChI=1S/C27H38N7O8P/c1-26(2,3)16-7-15(23(36)17(8-16)27(4,5)6)10-33-40-12-20(35)29-11-19-18(42-43(37,38)39)9-21(41-19)34-14-32-22-24(28)30-13-31-25(22)34/h7-8,10,13-14,18-19,21,36H,9,11-12H2,1-6H3,(H,29,35)(H2,28,30,31)(H2,37,38,39)/b33-10+/t18-,19+,21+/m0/s1. The number of nitrogens with one attached hydrogen (secondary N) is 1. The molecular weight excluding hydrogens is 581 g/mol. The zero-order valence-electron chi connectivity index (χ0n) is 24.9. The van der Waals surface area contributed by atoms with E-state index in [1.54, 1.807) is 4.57 Å². The predicted octanol–water partition coefficient (Wildman–Crippen LogP) is 2.64. The lowest BCUT2D eigenvalue weighted by Crippen LogP contribution is -2.39. The minimum atomic E-state index is -4.87. The first kappa shape index (κ1) is 32.3. The molecule has 0 radical (unpaired) electrons. The number of phosphoric ester groups is 1. The van der Waals surface area contributed by atoms with Crippen LogP contribution in [0.2, 0.25) is 0 Å². The number of rotatable bonds is 9. The molecule has 6 N–H and O–H groups in total. The summed E-state index contributed by atoms with van der Waals surface area (Å²) in [5.74, 6) is -0.306. The quantitative estimate of drug-likeness (QED) is 0.133. The molecule has 234 valence electrons. The summed E-state index contributed by atoms with van der Waals surface area (Å²) in [6.07, 6.45) is 1.35. The van der Waals surface area contributed by atoms with E-state index in [4.69, 9.17) is 19.8 Å². The van der Waals surface area contributed by atoms with Crippen molar-refractivity contribution in [2.75, 3.05) is 18.9 Å². The molecule has 3 atom stereocenters. The minimum absolute atomic E-state index is 0.0372. The Labute approximate surface area is 248 Å². The number of imidazole rings is 1. The summed E-state index contributed by atoms with van der Waals surface area (Å²) in [4.78, 5) is 48.8. The molecule has 1 aliphatic rings. The number of nitrogens with two attached hydrogens (primary N) is 1. The van der Waals surface area contributed by atoms with E-state index in [9.17, 15) is 24.3 Å². The van der Waals surface area contributed by atoms with Crippen LogP contribution in [0.3, 0.4) is 0 Å². The van der Waals surface area contributed by atoms with Crippen LogP contribution < -0.4 is 11.1 Å². The Morgan fingerprint density at radius 3 is 2.58 bits per heavy atom. The van der Waals surface area contributed by atoms with Gasteiger partial charge in [-0.2, -0.15) is 0 Å². The number of hydrogen-bond acceptors (Lipinski definition) is 11. The van der Waals surface area contributed by atoms with Crippen molar-refractivity contribution in [3.8, 4) is 5.75 Å². The first-order chi connectivity index (χ1) is 19.9. The van der Waals surface area contributed by atoms with Crippen LogP contribution in [0.15, 0.2) is 29.9 Å². The fourth-order valence-electron chi connectivity index (χ4n) is 4.64. The van der Waals surface area contributed by atoms with Crippen LogP contribution in [0, 0.1) is 0 Å². The molecule has 15 nitrogen and oxygen atoms in total. The number of anilines is 1. The van der Waals surface area contributed by atoms with E-state index in [1.807, 2.05) is 32.9 Å². The van der Waals surface area contributed by atoms with Gasteiger partial charge in [0.05, 0.1) is 12.5 Å². The van der Waals surface area contributed by atoms with Gasteiger partial charge in [0.1, 0.15) is 36.0 Å². The second kappa shape index (κ2) is 12.2. The fourth-order valence-corrected chi connectivity index (χ4v) is 5.21. The molecule has 1 saturated heterocycles. The SMILES string of the molecule is CC(C)(C)c1cc(/C=N/OCC(=O)NC[C@H]2O[C@@H](n3cnc4c(N)ncnc43)C[C@@H]2OP(=O)(O)O)c(O)c(C(C)(C)C)c1. The third-order valence-corrected chi connectivity index (χ3v) is 7.47. The second-order valence-electron chi connectivity index (χ2n) is 12.4. The van der Waals surface area contributed by atoms with Gasteiger partial charge in [-0.3, -0.25) is 13.9 Å². The monoisotopic (exact) mass is 619 g/mol. The Hall–Kier alpha value is -3.62. The van der Waals surface area contributed by atoms with Crippen molar-refractivity contribution in [3.05, 3.63) is 41.5 Å². The molecular formula is C27H38N7O8P. The number of benzene rings is 1. The lowest BCUT2D eigenvalue weighted by molar-refractivity contribution is -0.126. The highest BCUT2D eigenvalue weighted by atomic mass is 31.2. The number of phosphoric acid groups is 1. The summed E-state index contributed by atoms with van der Waals surface area (Å²) in [6.45, 7) is 11.6. The molecule has 16 heteroatoms. The highest BCUT2D eigenvalue weighted by Crippen LogP contribution is 2.44.